The minimum atomic E-state index is -0.631. The standard InChI is InChI=1S/C25H31N5O5/c1-16-14-26-19-7-6-17(12-18(16)19)29(5)23(32)20-13-21(34-15-22(31)35-25(2,3)4)28-24(27-20)30-8-10-33-11-9-30/h6-7,12-14,26H,8-11,15H2,1-5H3. The summed E-state index contributed by atoms with van der Waals surface area (Å²) in [5, 5.41) is 1.04. The molecule has 1 aliphatic rings. The molecule has 0 spiro atoms. The van der Waals surface area contributed by atoms with Crippen LogP contribution >= 0.6 is 0 Å². The van der Waals surface area contributed by atoms with E-state index in [1.54, 1.807) is 27.8 Å². The first-order chi connectivity index (χ1) is 16.6. The number of anilines is 2. The number of carbonyl (C=O) groups is 2. The third-order valence-corrected chi connectivity index (χ3v) is 5.53. The second kappa shape index (κ2) is 9.91. The quantitative estimate of drug-likeness (QED) is 0.535. The van der Waals surface area contributed by atoms with E-state index in [1.807, 2.05) is 36.2 Å². The molecule has 1 aromatic carbocycles. The van der Waals surface area contributed by atoms with E-state index in [0.29, 0.717) is 32.3 Å². The van der Waals surface area contributed by atoms with Crippen molar-refractivity contribution in [1.82, 2.24) is 15.0 Å². The highest BCUT2D eigenvalue weighted by Gasteiger charge is 2.23. The Morgan fingerprint density at radius 2 is 1.91 bits per heavy atom. The molecular formula is C25H31N5O5. The van der Waals surface area contributed by atoms with Crippen molar-refractivity contribution >= 4 is 34.4 Å². The summed E-state index contributed by atoms with van der Waals surface area (Å²) in [6.07, 6.45) is 1.93. The lowest BCUT2D eigenvalue weighted by Crippen LogP contribution is -2.38. The molecular weight excluding hydrogens is 450 g/mol. The van der Waals surface area contributed by atoms with Gasteiger partial charge in [-0.05, 0) is 51.5 Å². The molecule has 0 unspecified atom stereocenters. The molecule has 3 heterocycles. The number of H-pyrrole nitrogens is 1. The summed E-state index contributed by atoms with van der Waals surface area (Å²) in [7, 11) is 1.70. The van der Waals surface area contributed by atoms with Crippen LogP contribution in [0.3, 0.4) is 0 Å². The summed E-state index contributed by atoms with van der Waals surface area (Å²) in [6, 6.07) is 7.23. The maximum atomic E-state index is 13.5. The molecule has 0 radical (unpaired) electrons. The molecule has 0 atom stereocenters. The van der Waals surface area contributed by atoms with E-state index in [-0.39, 0.29) is 24.1 Å². The van der Waals surface area contributed by atoms with E-state index < -0.39 is 11.6 Å². The van der Waals surface area contributed by atoms with Gasteiger partial charge in [0.15, 0.2) is 6.61 Å². The maximum Gasteiger partial charge on any atom is 0.344 e. The first-order valence-electron chi connectivity index (χ1n) is 11.5. The topological polar surface area (TPSA) is 110 Å². The zero-order valence-corrected chi connectivity index (χ0v) is 20.8. The van der Waals surface area contributed by atoms with Crippen molar-refractivity contribution in [3.63, 3.8) is 0 Å². The van der Waals surface area contributed by atoms with Crippen LogP contribution in [-0.4, -0.2) is 72.4 Å². The van der Waals surface area contributed by atoms with Crippen molar-refractivity contribution < 1.29 is 23.8 Å². The van der Waals surface area contributed by atoms with Crippen LogP contribution in [0.4, 0.5) is 11.6 Å². The first-order valence-corrected chi connectivity index (χ1v) is 11.5. The zero-order valence-electron chi connectivity index (χ0n) is 20.8. The molecule has 1 N–H and O–H groups in total. The Labute approximate surface area is 204 Å². The van der Waals surface area contributed by atoms with Gasteiger partial charge in [-0.25, -0.2) is 9.78 Å². The lowest BCUT2D eigenvalue weighted by Gasteiger charge is -2.27. The molecule has 1 fully saturated rings. The fourth-order valence-electron chi connectivity index (χ4n) is 3.75. The van der Waals surface area contributed by atoms with E-state index in [0.717, 1.165) is 22.2 Å². The normalized spacial score (nSPS) is 14.1. The number of aromatic amines is 1. The van der Waals surface area contributed by atoms with Gasteiger partial charge in [-0.3, -0.25) is 4.79 Å². The zero-order chi connectivity index (χ0) is 25.2. The average molecular weight is 482 g/mol. The number of amides is 1. The number of nitrogens with one attached hydrogen (secondary N) is 1. The lowest BCUT2D eigenvalue weighted by molar-refractivity contribution is -0.157. The minimum absolute atomic E-state index is 0.126. The van der Waals surface area contributed by atoms with Gasteiger partial charge >= 0.3 is 5.97 Å². The van der Waals surface area contributed by atoms with Crippen LogP contribution in [0, 0.1) is 6.92 Å². The van der Waals surface area contributed by atoms with Crippen LogP contribution < -0.4 is 14.5 Å². The molecule has 35 heavy (non-hydrogen) atoms. The summed E-state index contributed by atoms with van der Waals surface area (Å²) in [5.41, 5.74) is 2.36. The Bertz CT molecular complexity index is 1230. The number of aromatic nitrogens is 3. The van der Waals surface area contributed by atoms with Crippen molar-refractivity contribution in [2.75, 3.05) is 49.8 Å². The molecule has 186 valence electrons. The van der Waals surface area contributed by atoms with Crippen molar-refractivity contribution in [2.24, 2.45) is 0 Å². The number of nitrogens with zero attached hydrogens (tertiary/aromatic N) is 4. The van der Waals surface area contributed by atoms with Gasteiger partial charge < -0.3 is 29.0 Å². The molecule has 1 saturated heterocycles. The molecule has 4 rings (SSSR count). The van der Waals surface area contributed by atoms with Crippen LogP contribution in [0.2, 0.25) is 0 Å². The van der Waals surface area contributed by atoms with Gasteiger partial charge in [0.1, 0.15) is 11.3 Å². The Kier molecular flexibility index (Phi) is 6.93. The number of ether oxygens (including phenoxy) is 3. The van der Waals surface area contributed by atoms with E-state index in [9.17, 15) is 9.59 Å². The number of aryl methyl sites for hydroxylation is 1. The van der Waals surface area contributed by atoms with Crippen LogP contribution in [0.1, 0.15) is 36.8 Å². The predicted molar refractivity (Wildman–Crippen MR) is 132 cm³/mol. The number of hydrogen-bond donors (Lipinski definition) is 1. The first kappa shape index (κ1) is 24.5. The Balaban J connectivity index is 1.60. The van der Waals surface area contributed by atoms with Gasteiger partial charge in [-0.1, -0.05) is 0 Å². The molecule has 1 aliphatic heterocycles. The fraction of sp³-hybridized carbons (Fsp3) is 0.440. The minimum Gasteiger partial charge on any atom is -0.466 e. The van der Waals surface area contributed by atoms with E-state index >= 15 is 0 Å². The molecule has 1 amide bonds. The van der Waals surface area contributed by atoms with Gasteiger partial charge in [0, 0.05) is 49.0 Å². The second-order valence-corrected chi connectivity index (χ2v) is 9.43. The molecule has 0 aliphatic carbocycles. The lowest BCUT2D eigenvalue weighted by atomic mass is 10.1. The van der Waals surface area contributed by atoms with Gasteiger partial charge in [0.2, 0.25) is 11.8 Å². The van der Waals surface area contributed by atoms with Crippen molar-refractivity contribution in [1.29, 1.82) is 0 Å². The molecule has 10 heteroatoms. The Morgan fingerprint density at radius 1 is 1.17 bits per heavy atom. The number of fused-ring (bicyclic) bond motifs is 1. The van der Waals surface area contributed by atoms with Gasteiger partial charge in [-0.2, -0.15) is 4.98 Å². The summed E-state index contributed by atoms with van der Waals surface area (Å²) in [4.78, 5) is 41.2. The number of morpholine rings is 1. The predicted octanol–water partition coefficient (Wildman–Crippen LogP) is 3.10. The summed E-state index contributed by atoms with van der Waals surface area (Å²) < 4.78 is 16.4. The monoisotopic (exact) mass is 481 g/mol. The van der Waals surface area contributed by atoms with Crippen LogP contribution in [0.15, 0.2) is 30.5 Å². The third kappa shape index (κ3) is 5.89. The number of hydrogen-bond acceptors (Lipinski definition) is 8. The fourth-order valence-corrected chi connectivity index (χ4v) is 3.75. The van der Waals surface area contributed by atoms with Gasteiger partial charge in [0.05, 0.1) is 13.2 Å². The highest BCUT2D eigenvalue weighted by atomic mass is 16.6. The molecule has 2 aromatic heterocycles. The number of benzene rings is 1. The maximum absolute atomic E-state index is 13.5. The third-order valence-electron chi connectivity index (χ3n) is 5.53. The highest BCUT2D eigenvalue weighted by molar-refractivity contribution is 6.05. The van der Waals surface area contributed by atoms with E-state index in [4.69, 9.17) is 14.2 Å². The number of esters is 1. The SMILES string of the molecule is Cc1c[nH]c2ccc(N(C)C(=O)c3cc(OCC(=O)OC(C)(C)C)nc(N4CCOCC4)n3)cc12. The van der Waals surface area contributed by atoms with Gasteiger partial charge in [0.25, 0.3) is 5.91 Å². The summed E-state index contributed by atoms with van der Waals surface area (Å²) in [6.45, 7) is 9.27. The number of rotatable bonds is 6. The van der Waals surface area contributed by atoms with Crippen molar-refractivity contribution in [2.45, 2.75) is 33.3 Å². The Morgan fingerprint density at radius 3 is 2.63 bits per heavy atom. The van der Waals surface area contributed by atoms with Crippen molar-refractivity contribution in [3.05, 3.63) is 41.7 Å². The van der Waals surface area contributed by atoms with Gasteiger partial charge in [-0.15, -0.1) is 0 Å². The van der Waals surface area contributed by atoms with E-state index in [2.05, 4.69) is 15.0 Å². The van der Waals surface area contributed by atoms with Crippen molar-refractivity contribution in [3.8, 4) is 5.88 Å². The van der Waals surface area contributed by atoms with Crippen LogP contribution in [-0.2, 0) is 14.3 Å². The average Bonchev–Trinajstić information content (AvgIpc) is 3.21. The molecule has 0 saturated carbocycles. The molecule has 0 bridgehead atoms. The molecule has 10 nitrogen and oxygen atoms in total. The number of carbonyl (C=O) groups excluding carboxylic acids is 2. The van der Waals surface area contributed by atoms with E-state index in [1.165, 1.54) is 11.0 Å². The highest BCUT2D eigenvalue weighted by Crippen LogP contribution is 2.25. The second-order valence-electron chi connectivity index (χ2n) is 9.43. The summed E-state index contributed by atoms with van der Waals surface area (Å²) in [5.74, 6) is -0.370. The molecule has 3 aromatic rings. The van der Waals surface area contributed by atoms with Crippen LogP contribution in [0.25, 0.3) is 10.9 Å². The summed E-state index contributed by atoms with van der Waals surface area (Å²) >= 11 is 0. The van der Waals surface area contributed by atoms with Crippen LogP contribution in [0.5, 0.6) is 5.88 Å². The largest absolute Gasteiger partial charge is 0.466 e. The smallest absolute Gasteiger partial charge is 0.344 e. The Hall–Kier alpha value is -3.66.